The molecule has 13 rings (SSSR count). The fraction of sp³-hybridized carbons (Fsp3) is 0. The minimum Gasteiger partial charge on any atom is -0.304 e. The van der Waals surface area contributed by atoms with Crippen LogP contribution in [0.4, 0.5) is 0 Å². The largest absolute Gasteiger partial charge is 0.304 e. The predicted molar refractivity (Wildman–Crippen MR) is 208 cm³/mol. The molecule has 11 aromatic rings. The second-order valence-electron chi connectivity index (χ2n) is 13.7. The quantitative estimate of drug-likeness (QED) is 0.118. The summed E-state index contributed by atoms with van der Waals surface area (Å²) in [4.78, 5) is 0. The lowest BCUT2D eigenvalue weighted by Crippen LogP contribution is -2.11. The summed E-state index contributed by atoms with van der Waals surface area (Å²) >= 11 is 0. The monoisotopic (exact) mass is 619 g/mol. The number of hydrogen-bond donors (Lipinski definition) is 0. The highest BCUT2D eigenvalue weighted by atomic mass is 15.1. The highest BCUT2D eigenvalue weighted by Gasteiger charge is 2.29. The van der Waals surface area contributed by atoms with E-state index in [0.717, 1.165) is 0 Å². The van der Waals surface area contributed by atoms with Crippen LogP contribution >= 0.6 is 0 Å². The smallest absolute Gasteiger partial charge is 0.0954 e. The van der Waals surface area contributed by atoms with Gasteiger partial charge in [-0.25, -0.2) is 0 Å². The second-order valence-corrected chi connectivity index (χ2v) is 13.7. The normalized spacial score (nSPS) is 12.9. The van der Waals surface area contributed by atoms with Crippen LogP contribution < -0.4 is 0 Å². The number of hydrogen-bond acceptors (Lipinski definition) is 0. The molecular weight excluding hydrogens is 595 g/mol. The average molecular weight is 620 g/mol. The molecule has 2 aliphatic rings. The van der Waals surface area contributed by atoms with Gasteiger partial charge >= 0.3 is 0 Å². The van der Waals surface area contributed by atoms with Gasteiger partial charge in [-0.3, -0.25) is 0 Å². The second kappa shape index (κ2) is 8.28. The van der Waals surface area contributed by atoms with Crippen molar-refractivity contribution < 1.29 is 0 Å². The first-order valence-electron chi connectivity index (χ1n) is 17.0. The molecule has 4 heterocycles. The maximum absolute atomic E-state index is 2.60. The molecule has 0 saturated heterocycles. The first-order valence-corrected chi connectivity index (χ1v) is 17.0. The minimum absolute atomic E-state index is 1.22. The van der Waals surface area contributed by atoms with Crippen molar-refractivity contribution in [3.8, 4) is 5.69 Å². The summed E-state index contributed by atoms with van der Waals surface area (Å²) < 4.78 is 7.77. The van der Waals surface area contributed by atoms with Gasteiger partial charge in [0.25, 0.3) is 0 Å². The molecule has 0 N–H and O–H groups in total. The van der Waals surface area contributed by atoms with Gasteiger partial charge in [0.2, 0.25) is 0 Å². The Morgan fingerprint density at radius 3 is 1.63 bits per heavy atom. The zero-order valence-electron chi connectivity index (χ0n) is 26.3. The first kappa shape index (κ1) is 24.6. The fourth-order valence-electron chi connectivity index (χ4n) is 9.64. The summed E-state index contributed by atoms with van der Waals surface area (Å²) in [5, 5.41) is 15.4. The topological polar surface area (TPSA) is 13.8 Å². The molecule has 0 aliphatic carbocycles. The van der Waals surface area contributed by atoms with Crippen molar-refractivity contribution in [1.29, 1.82) is 0 Å². The Morgan fingerprint density at radius 2 is 0.816 bits per heavy atom. The van der Waals surface area contributed by atoms with Crippen molar-refractivity contribution >= 4 is 109 Å². The molecule has 0 atom stereocenters. The summed E-state index contributed by atoms with van der Waals surface area (Å²) in [5.41, 5.74) is 11.2. The van der Waals surface area contributed by atoms with E-state index < -0.39 is 0 Å². The molecule has 0 saturated carbocycles. The molecular formula is C46H25N3. The van der Waals surface area contributed by atoms with Gasteiger partial charge < -0.3 is 13.4 Å². The molecule has 3 heteroatoms. The summed E-state index contributed by atoms with van der Waals surface area (Å²) in [6.07, 6.45) is 0. The Hall–Kier alpha value is -6.58. The Bertz CT molecular complexity index is 3550. The highest BCUT2D eigenvalue weighted by molar-refractivity contribution is 6.35. The van der Waals surface area contributed by atoms with E-state index in [1.54, 1.807) is 0 Å². The van der Waals surface area contributed by atoms with Crippen LogP contribution in [0.1, 0.15) is 0 Å². The lowest BCUT2D eigenvalue weighted by atomic mass is 9.97. The summed E-state index contributed by atoms with van der Waals surface area (Å²) in [6.45, 7) is 0. The van der Waals surface area contributed by atoms with Crippen LogP contribution in [-0.2, 0) is 0 Å². The van der Waals surface area contributed by atoms with Crippen LogP contribution in [0.5, 0.6) is 0 Å². The Kier molecular flexibility index (Phi) is 4.15. The van der Waals surface area contributed by atoms with Crippen molar-refractivity contribution in [1.82, 2.24) is 13.4 Å². The van der Waals surface area contributed by atoms with Gasteiger partial charge in [0, 0.05) is 32.3 Å². The van der Waals surface area contributed by atoms with Crippen LogP contribution in [0.3, 0.4) is 0 Å². The zero-order chi connectivity index (χ0) is 31.5. The number of fused-ring (bicyclic) bond motifs is 19. The summed E-state index contributed by atoms with van der Waals surface area (Å²) in [7, 11) is 0. The fourth-order valence-corrected chi connectivity index (χ4v) is 9.64. The van der Waals surface area contributed by atoms with E-state index in [-0.39, 0.29) is 0 Å². The lowest BCUT2D eigenvalue weighted by Gasteiger charge is -2.25. The lowest BCUT2D eigenvalue weighted by molar-refractivity contribution is 1.11. The molecule has 9 aromatic carbocycles. The summed E-state index contributed by atoms with van der Waals surface area (Å²) in [5.74, 6) is 0. The SMILES string of the molecule is c1ccc2c(c1)cc1c3c2c2ccccc2n3c2c3c(cc4ccccc42)n2c4c5ccccc5c5ccccc5c4c4cccc(c42)n1-3. The van der Waals surface area contributed by atoms with Gasteiger partial charge in [-0.1, -0.05) is 127 Å². The maximum atomic E-state index is 2.60. The first-order chi connectivity index (χ1) is 24.4. The number of para-hydroxylation sites is 2. The molecule has 0 radical (unpaired) electrons. The molecule has 0 fully saturated rings. The summed E-state index contributed by atoms with van der Waals surface area (Å²) in [6, 6.07) is 56.6. The number of aromatic nitrogens is 3. The van der Waals surface area contributed by atoms with Gasteiger partial charge in [-0.15, -0.1) is 0 Å². The molecule has 224 valence electrons. The van der Waals surface area contributed by atoms with Crippen LogP contribution in [0.25, 0.3) is 114 Å². The molecule has 0 unspecified atom stereocenters. The van der Waals surface area contributed by atoms with Gasteiger partial charge in [0.15, 0.2) is 0 Å². The van der Waals surface area contributed by atoms with E-state index in [1.165, 1.54) is 114 Å². The molecule has 49 heavy (non-hydrogen) atoms. The third-order valence-electron chi connectivity index (χ3n) is 11.4. The van der Waals surface area contributed by atoms with E-state index >= 15 is 0 Å². The van der Waals surface area contributed by atoms with E-state index in [1.807, 2.05) is 0 Å². The predicted octanol–water partition coefficient (Wildman–Crippen LogP) is 12.2. The van der Waals surface area contributed by atoms with Crippen molar-refractivity contribution in [2.24, 2.45) is 0 Å². The average Bonchev–Trinajstić information content (AvgIpc) is 3.70. The maximum Gasteiger partial charge on any atom is 0.0954 e. The minimum atomic E-state index is 1.22. The van der Waals surface area contributed by atoms with Crippen LogP contribution in [0.2, 0.25) is 0 Å². The van der Waals surface area contributed by atoms with Gasteiger partial charge in [0.05, 0.1) is 49.8 Å². The van der Waals surface area contributed by atoms with Crippen LogP contribution in [0, 0.1) is 0 Å². The van der Waals surface area contributed by atoms with Crippen molar-refractivity contribution in [2.45, 2.75) is 0 Å². The van der Waals surface area contributed by atoms with Crippen molar-refractivity contribution in [3.05, 3.63) is 152 Å². The zero-order valence-corrected chi connectivity index (χ0v) is 26.3. The van der Waals surface area contributed by atoms with Crippen LogP contribution in [0.15, 0.2) is 152 Å². The molecule has 0 bridgehead atoms. The molecule has 2 aliphatic heterocycles. The van der Waals surface area contributed by atoms with Crippen LogP contribution in [-0.4, -0.2) is 13.4 Å². The standard InChI is InChI=1S/C46H25N3/c1-3-14-28-26(12-1)24-38-45-40(28)34-20-9-10-22-36(34)48(45)44-29-15-4-2-13-27(29)25-39-46(44)47(38)37-23-11-21-35-41-32-18-7-5-16-30(32)31-17-6-8-19-33(31)43(41)49(39)42(35)37/h1-25H. The van der Waals surface area contributed by atoms with Crippen molar-refractivity contribution in [2.75, 3.05) is 0 Å². The van der Waals surface area contributed by atoms with E-state index in [9.17, 15) is 0 Å². The van der Waals surface area contributed by atoms with E-state index in [0.29, 0.717) is 0 Å². The molecule has 2 aromatic heterocycles. The van der Waals surface area contributed by atoms with Crippen molar-refractivity contribution in [3.63, 3.8) is 0 Å². The van der Waals surface area contributed by atoms with Gasteiger partial charge in [-0.05, 0) is 56.6 Å². The Balaban J connectivity index is 1.48. The third-order valence-corrected chi connectivity index (χ3v) is 11.4. The molecule has 3 nitrogen and oxygen atoms in total. The van der Waals surface area contributed by atoms with Gasteiger partial charge in [0.1, 0.15) is 0 Å². The number of benzene rings is 9. The Morgan fingerprint density at radius 1 is 0.286 bits per heavy atom. The van der Waals surface area contributed by atoms with Gasteiger partial charge in [-0.2, -0.15) is 0 Å². The molecule has 0 amide bonds. The Labute approximate surface area is 278 Å². The van der Waals surface area contributed by atoms with E-state index in [4.69, 9.17) is 0 Å². The molecule has 0 spiro atoms. The third kappa shape index (κ3) is 2.70. The highest BCUT2D eigenvalue weighted by Crippen LogP contribution is 2.49. The number of nitrogens with zero attached hydrogens (tertiary/aromatic N) is 3. The number of rotatable bonds is 0. The van der Waals surface area contributed by atoms with E-state index in [2.05, 4.69) is 165 Å².